The van der Waals surface area contributed by atoms with Crippen LogP contribution in [0.4, 0.5) is 4.79 Å². The molecule has 0 bridgehead atoms. The van der Waals surface area contributed by atoms with Crippen LogP contribution in [0.2, 0.25) is 0 Å². The summed E-state index contributed by atoms with van der Waals surface area (Å²) in [5, 5.41) is 3.77. The Morgan fingerprint density at radius 3 is 2.29 bits per heavy atom. The number of carbonyl (C=O) groups is 1. The van der Waals surface area contributed by atoms with Crippen molar-refractivity contribution in [2.24, 2.45) is 5.92 Å². The summed E-state index contributed by atoms with van der Waals surface area (Å²) < 4.78 is 5.09. The molecule has 2 saturated heterocycles. The van der Waals surface area contributed by atoms with Gasteiger partial charge in [-0.1, -0.05) is 12.8 Å². The van der Waals surface area contributed by atoms with E-state index in [1.54, 1.807) is 0 Å². The standard InChI is InChI=1S/C19H35N3O2/c1-2-24-19(23)22-13-9-17(10-14-22)20-15-16-7-11-21(12-8-16)18-5-3-4-6-18/h16-18,20H,2-15H2,1H3. The minimum atomic E-state index is -0.143. The van der Waals surface area contributed by atoms with Crippen molar-refractivity contribution in [2.45, 2.75) is 70.4 Å². The second-order valence-corrected chi connectivity index (χ2v) is 7.79. The van der Waals surface area contributed by atoms with Crippen LogP contribution in [-0.4, -0.2) is 67.3 Å². The number of nitrogens with zero attached hydrogens (tertiary/aromatic N) is 2. The molecule has 0 aromatic heterocycles. The van der Waals surface area contributed by atoms with Crippen LogP contribution < -0.4 is 5.32 Å². The van der Waals surface area contributed by atoms with E-state index in [0.717, 1.165) is 44.4 Å². The van der Waals surface area contributed by atoms with Crippen molar-refractivity contribution in [2.75, 3.05) is 39.3 Å². The summed E-state index contributed by atoms with van der Waals surface area (Å²) in [5.74, 6) is 0.839. The van der Waals surface area contributed by atoms with Crippen molar-refractivity contribution in [3.63, 3.8) is 0 Å². The molecular formula is C19H35N3O2. The van der Waals surface area contributed by atoms with Gasteiger partial charge in [0.05, 0.1) is 6.61 Å². The predicted octanol–water partition coefficient (Wildman–Crippen LogP) is 2.85. The van der Waals surface area contributed by atoms with Gasteiger partial charge in [0.15, 0.2) is 0 Å². The Balaban J connectivity index is 1.29. The highest BCUT2D eigenvalue weighted by Crippen LogP contribution is 2.27. The fourth-order valence-corrected chi connectivity index (χ4v) is 4.61. The van der Waals surface area contributed by atoms with Crippen molar-refractivity contribution in [3.8, 4) is 0 Å². The Morgan fingerprint density at radius 2 is 1.67 bits per heavy atom. The van der Waals surface area contributed by atoms with Crippen LogP contribution in [-0.2, 0) is 4.74 Å². The van der Waals surface area contributed by atoms with Gasteiger partial charge in [0.1, 0.15) is 0 Å². The number of ether oxygens (including phenoxy) is 1. The highest BCUT2D eigenvalue weighted by molar-refractivity contribution is 5.67. The van der Waals surface area contributed by atoms with E-state index in [-0.39, 0.29) is 6.09 Å². The summed E-state index contributed by atoms with van der Waals surface area (Å²) in [5.41, 5.74) is 0. The maximum absolute atomic E-state index is 11.7. The van der Waals surface area contributed by atoms with E-state index in [0.29, 0.717) is 12.6 Å². The van der Waals surface area contributed by atoms with Crippen LogP contribution in [0.5, 0.6) is 0 Å². The highest BCUT2D eigenvalue weighted by atomic mass is 16.6. The molecule has 24 heavy (non-hydrogen) atoms. The number of piperidine rings is 2. The molecule has 5 heteroatoms. The molecule has 3 rings (SSSR count). The lowest BCUT2D eigenvalue weighted by molar-refractivity contribution is 0.0934. The van der Waals surface area contributed by atoms with Gasteiger partial charge in [-0.05, 0) is 71.0 Å². The van der Waals surface area contributed by atoms with E-state index in [9.17, 15) is 4.79 Å². The second kappa shape index (κ2) is 9.04. The van der Waals surface area contributed by atoms with Gasteiger partial charge >= 0.3 is 6.09 Å². The van der Waals surface area contributed by atoms with Crippen molar-refractivity contribution >= 4 is 6.09 Å². The number of rotatable bonds is 5. The minimum Gasteiger partial charge on any atom is -0.450 e. The third-order valence-electron chi connectivity index (χ3n) is 6.21. The van der Waals surface area contributed by atoms with Crippen molar-refractivity contribution in [1.29, 1.82) is 0 Å². The quantitative estimate of drug-likeness (QED) is 0.838. The number of hydrogen-bond acceptors (Lipinski definition) is 4. The molecule has 0 spiro atoms. The van der Waals surface area contributed by atoms with E-state index in [2.05, 4.69) is 10.2 Å². The molecule has 2 heterocycles. The van der Waals surface area contributed by atoms with Gasteiger partial charge in [-0.3, -0.25) is 0 Å². The average molecular weight is 338 g/mol. The van der Waals surface area contributed by atoms with Crippen molar-refractivity contribution in [3.05, 3.63) is 0 Å². The molecule has 5 nitrogen and oxygen atoms in total. The third kappa shape index (κ3) is 4.85. The Kier molecular flexibility index (Phi) is 6.78. The lowest BCUT2D eigenvalue weighted by Gasteiger charge is -2.37. The molecule has 0 aromatic rings. The van der Waals surface area contributed by atoms with Crippen LogP contribution in [0.15, 0.2) is 0 Å². The zero-order valence-electron chi connectivity index (χ0n) is 15.3. The maximum atomic E-state index is 11.7. The molecular weight excluding hydrogens is 302 g/mol. The zero-order valence-corrected chi connectivity index (χ0v) is 15.3. The van der Waals surface area contributed by atoms with Crippen molar-refractivity contribution < 1.29 is 9.53 Å². The first-order valence-corrected chi connectivity index (χ1v) is 10.2. The molecule has 0 radical (unpaired) electrons. The van der Waals surface area contributed by atoms with Crippen LogP contribution in [0.25, 0.3) is 0 Å². The molecule has 2 aliphatic heterocycles. The molecule has 1 amide bonds. The van der Waals surface area contributed by atoms with Crippen LogP contribution in [0.3, 0.4) is 0 Å². The summed E-state index contributed by atoms with van der Waals surface area (Å²) in [6.45, 7) is 7.76. The fourth-order valence-electron chi connectivity index (χ4n) is 4.61. The molecule has 3 aliphatic rings. The molecule has 1 aliphatic carbocycles. The van der Waals surface area contributed by atoms with Crippen LogP contribution in [0.1, 0.15) is 58.3 Å². The normalized spacial score (nSPS) is 25.3. The predicted molar refractivity (Wildman–Crippen MR) is 96.2 cm³/mol. The lowest BCUT2D eigenvalue weighted by Crippen LogP contribution is -2.47. The molecule has 3 fully saturated rings. The number of nitrogens with one attached hydrogen (secondary N) is 1. The molecule has 0 aromatic carbocycles. The third-order valence-corrected chi connectivity index (χ3v) is 6.21. The Morgan fingerprint density at radius 1 is 1.00 bits per heavy atom. The van der Waals surface area contributed by atoms with E-state index < -0.39 is 0 Å². The smallest absolute Gasteiger partial charge is 0.409 e. The minimum absolute atomic E-state index is 0.143. The second-order valence-electron chi connectivity index (χ2n) is 7.79. The summed E-state index contributed by atoms with van der Waals surface area (Å²) in [6.07, 6.45) is 10.4. The number of hydrogen-bond donors (Lipinski definition) is 1. The molecule has 1 N–H and O–H groups in total. The highest BCUT2D eigenvalue weighted by Gasteiger charge is 2.28. The SMILES string of the molecule is CCOC(=O)N1CCC(NCC2CCN(C3CCCC3)CC2)CC1. The van der Waals surface area contributed by atoms with E-state index in [1.807, 2.05) is 11.8 Å². The summed E-state index contributed by atoms with van der Waals surface area (Å²) >= 11 is 0. The molecule has 0 unspecified atom stereocenters. The molecule has 1 saturated carbocycles. The Labute approximate surface area is 147 Å². The average Bonchev–Trinajstić information content (AvgIpc) is 3.16. The van der Waals surface area contributed by atoms with Gasteiger partial charge in [-0.15, -0.1) is 0 Å². The van der Waals surface area contributed by atoms with Gasteiger partial charge in [0.25, 0.3) is 0 Å². The Hall–Kier alpha value is -0.810. The largest absolute Gasteiger partial charge is 0.450 e. The van der Waals surface area contributed by atoms with Gasteiger partial charge in [0, 0.05) is 25.2 Å². The zero-order chi connectivity index (χ0) is 16.8. The fraction of sp³-hybridized carbons (Fsp3) is 0.947. The van der Waals surface area contributed by atoms with Crippen molar-refractivity contribution in [1.82, 2.24) is 15.1 Å². The van der Waals surface area contributed by atoms with Gasteiger partial charge in [-0.2, -0.15) is 0 Å². The first-order chi connectivity index (χ1) is 11.8. The summed E-state index contributed by atoms with van der Waals surface area (Å²) in [7, 11) is 0. The van der Waals surface area contributed by atoms with Gasteiger partial charge < -0.3 is 19.9 Å². The van der Waals surface area contributed by atoms with Crippen LogP contribution in [0, 0.1) is 5.92 Å². The lowest BCUT2D eigenvalue weighted by atomic mass is 9.94. The van der Waals surface area contributed by atoms with Crippen LogP contribution >= 0.6 is 0 Å². The number of likely N-dealkylation sites (tertiary alicyclic amines) is 2. The van der Waals surface area contributed by atoms with E-state index in [4.69, 9.17) is 4.74 Å². The number of carbonyl (C=O) groups excluding carboxylic acids is 1. The summed E-state index contributed by atoms with van der Waals surface area (Å²) in [6, 6.07) is 1.47. The van der Waals surface area contributed by atoms with E-state index in [1.165, 1.54) is 51.6 Å². The monoisotopic (exact) mass is 337 g/mol. The molecule has 138 valence electrons. The van der Waals surface area contributed by atoms with Gasteiger partial charge in [-0.25, -0.2) is 4.79 Å². The summed E-state index contributed by atoms with van der Waals surface area (Å²) in [4.78, 5) is 16.3. The maximum Gasteiger partial charge on any atom is 0.409 e. The Bertz CT molecular complexity index is 382. The first kappa shape index (κ1) is 18.0. The molecule has 0 atom stereocenters. The first-order valence-electron chi connectivity index (χ1n) is 10.2. The number of amides is 1. The van der Waals surface area contributed by atoms with Gasteiger partial charge in [0.2, 0.25) is 0 Å². The van der Waals surface area contributed by atoms with E-state index >= 15 is 0 Å². The topological polar surface area (TPSA) is 44.8 Å².